The van der Waals surface area contributed by atoms with Gasteiger partial charge in [-0.2, -0.15) is 0 Å². The fourth-order valence-corrected chi connectivity index (χ4v) is 2.49. The average molecular weight is 309 g/mol. The molecule has 0 bridgehead atoms. The maximum absolute atomic E-state index is 5.81. The summed E-state index contributed by atoms with van der Waals surface area (Å²) in [6.07, 6.45) is 2.69. The van der Waals surface area contributed by atoms with Crippen LogP contribution in [-0.4, -0.2) is 19.1 Å². The molecular weight excluding hydrogens is 292 g/mol. The molecule has 2 aromatic rings. The van der Waals surface area contributed by atoms with Crippen LogP contribution in [-0.2, 0) is 6.54 Å². The summed E-state index contributed by atoms with van der Waals surface area (Å²) < 4.78 is 6.82. The van der Waals surface area contributed by atoms with E-state index < -0.39 is 0 Å². The zero-order valence-corrected chi connectivity index (χ0v) is 11.8. The van der Waals surface area contributed by atoms with Gasteiger partial charge in [0.1, 0.15) is 11.3 Å². The van der Waals surface area contributed by atoms with Gasteiger partial charge in [0.05, 0.1) is 11.0 Å². The molecule has 96 valence electrons. The van der Waals surface area contributed by atoms with Gasteiger partial charge in [-0.05, 0) is 40.9 Å². The SMILES string of the molecule is Brc1cccc2cc(CNCCNC3CC3)oc12. The molecule has 3 rings (SSSR count). The van der Waals surface area contributed by atoms with E-state index in [1.807, 2.05) is 12.1 Å². The van der Waals surface area contributed by atoms with E-state index in [4.69, 9.17) is 4.42 Å². The van der Waals surface area contributed by atoms with Crippen molar-refractivity contribution in [3.63, 3.8) is 0 Å². The van der Waals surface area contributed by atoms with Crippen molar-refractivity contribution in [3.8, 4) is 0 Å². The molecule has 0 unspecified atom stereocenters. The Kier molecular flexibility index (Phi) is 3.68. The minimum atomic E-state index is 0.785. The van der Waals surface area contributed by atoms with Crippen LogP contribution >= 0.6 is 15.9 Å². The van der Waals surface area contributed by atoms with Crippen LogP contribution in [0, 0.1) is 0 Å². The molecular formula is C14H17BrN2O. The highest BCUT2D eigenvalue weighted by molar-refractivity contribution is 9.10. The van der Waals surface area contributed by atoms with E-state index in [0.29, 0.717) is 0 Å². The number of furan rings is 1. The Balaban J connectivity index is 1.52. The van der Waals surface area contributed by atoms with Crippen LogP contribution in [0.1, 0.15) is 18.6 Å². The van der Waals surface area contributed by atoms with Crippen LogP contribution in [0.25, 0.3) is 11.0 Å². The molecule has 0 radical (unpaired) electrons. The Bertz CT molecular complexity index is 534. The standard InChI is InChI=1S/C14H17BrN2O/c15-13-3-1-2-10-8-12(18-14(10)13)9-16-6-7-17-11-4-5-11/h1-3,8,11,16-17H,4-7,9H2. The van der Waals surface area contributed by atoms with Crippen molar-refractivity contribution in [2.45, 2.75) is 25.4 Å². The fourth-order valence-electron chi connectivity index (χ4n) is 2.03. The van der Waals surface area contributed by atoms with Crippen LogP contribution in [0.2, 0.25) is 0 Å². The van der Waals surface area contributed by atoms with Gasteiger partial charge in [-0.3, -0.25) is 0 Å². The van der Waals surface area contributed by atoms with Crippen molar-refractivity contribution in [2.75, 3.05) is 13.1 Å². The quantitative estimate of drug-likeness (QED) is 0.806. The van der Waals surface area contributed by atoms with E-state index in [1.54, 1.807) is 0 Å². The molecule has 1 fully saturated rings. The van der Waals surface area contributed by atoms with E-state index in [2.05, 4.69) is 38.7 Å². The molecule has 1 heterocycles. The van der Waals surface area contributed by atoms with Gasteiger partial charge < -0.3 is 15.1 Å². The minimum absolute atomic E-state index is 0.785. The lowest BCUT2D eigenvalue weighted by atomic mass is 10.2. The molecule has 1 saturated carbocycles. The van der Waals surface area contributed by atoms with Crippen molar-refractivity contribution >= 4 is 26.9 Å². The van der Waals surface area contributed by atoms with Gasteiger partial charge in [-0.15, -0.1) is 0 Å². The van der Waals surface area contributed by atoms with Gasteiger partial charge in [0, 0.05) is 24.5 Å². The molecule has 0 spiro atoms. The highest BCUT2D eigenvalue weighted by atomic mass is 79.9. The summed E-state index contributed by atoms with van der Waals surface area (Å²) in [5.41, 5.74) is 0.936. The maximum atomic E-state index is 5.81. The first-order chi connectivity index (χ1) is 8.83. The average Bonchev–Trinajstić information content (AvgIpc) is 3.08. The second-order valence-electron chi connectivity index (χ2n) is 4.78. The first-order valence-corrected chi connectivity index (χ1v) is 7.23. The summed E-state index contributed by atoms with van der Waals surface area (Å²) in [7, 11) is 0. The molecule has 1 aromatic carbocycles. The predicted octanol–water partition coefficient (Wildman–Crippen LogP) is 3.04. The predicted molar refractivity (Wildman–Crippen MR) is 76.6 cm³/mol. The molecule has 0 aliphatic heterocycles. The molecule has 2 N–H and O–H groups in total. The number of benzene rings is 1. The lowest BCUT2D eigenvalue weighted by Gasteiger charge is -2.03. The van der Waals surface area contributed by atoms with Crippen molar-refractivity contribution < 1.29 is 4.42 Å². The maximum Gasteiger partial charge on any atom is 0.148 e. The third kappa shape index (κ3) is 2.94. The van der Waals surface area contributed by atoms with Crippen molar-refractivity contribution in [1.82, 2.24) is 10.6 Å². The number of halogens is 1. The largest absolute Gasteiger partial charge is 0.459 e. The third-order valence-corrected chi connectivity index (χ3v) is 3.78. The summed E-state index contributed by atoms with van der Waals surface area (Å²) in [5.74, 6) is 0.989. The number of nitrogens with one attached hydrogen (secondary N) is 2. The fraction of sp³-hybridized carbons (Fsp3) is 0.429. The molecule has 18 heavy (non-hydrogen) atoms. The van der Waals surface area contributed by atoms with Crippen LogP contribution in [0.5, 0.6) is 0 Å². The van der Waals surface area contributed by atoms with Crippen LogP contribution in [0.3, 0.4) is 0 Å². The molecule has 1 aliphatic rings. The molecule has 1 aliphatic carbocycles. The lowest BCUT2D eigenvalue weighted by molar-refractivity contribution is 0.506. The lowest BCUT2D eigenvalue weighted by Crippen LogP contribution is -2.28. The van der Waals surface area contributed by atoms with E-state index >= 15 is 0 Å². The van der Waals surface area contributed by atoms with Crippen molar-refractivity contribution in [2.24, 2.45) is 0 Å². The highest BCUT2D eigenvalue weighted by Gasteiger charge is 2.19. The number of hydrogen-bond acceptors (Lipinski definition) is 3. The van der Waals surface area contributed by atoms with Gasteiger partial charge in [-0.1, -0.05) is 12.1 Å². The molecule has 4 heteroatoms. The molecule has 0 amide bonds. The number of rotatable bonds is 6. The monoisotopic (exact) mass is 308 g/mol. The minimum Gasteiger partial charge on any atom is -0.459 e. The third-order valence-electron chi connectivity index (χ3n) is 3.16. The van der Waals surface area contributed by atoms with E-state index in [9.17, 15) is 0 Å². The summed E-state index contributed by atoms with van der Waals surface area (Å²) in [4.78, 5) is 0. The second kappa shape index (κ2) is 5.43. The van der Waals surface area contributed by atoms with Crippen molar-refractivity contribution in [3.05, 3.63) is 34.5 Å². The molecule has 0 atom stereocenters. The van der Waals surface area contributed by atoms with Gasteiger partial charge in [-0.25, -0.2) is 0 Å². The zero-order valence-electron chi connectivity index (χ0n) is 10.2. The number of fused-ring (bicyclic) bond motifs is 1. The summed E-state index contributed by atoms with van der Waals surface area (Å²) in [5, 5.41) is 8.02. The Morgan fingerprint density at radius 3 is 2.94 bits per heavy atom. The molecule has 3 nitrogen and oxygen atoms in total. The first-order valence-electron chi connectivity index (χ1n) is 6.44. The van der Waals surface area contributed by atoms with Gasteiger partial charge in [0.25, 0.3) is 0 Å². The highest BCUT2D eigenvalue weighted by Crippen LogP contribution is 2.26. The Morgan fingerprint density at radius 1 is 1.28 bits per heavy atom. The topological polar surface area (TPSA) is 37.2 Å². The first kappa shape index (κ1) is 12.2. The van der Waals surface area contributed by atoms with E-state index in [-0.39, 0.29) is 0 Å². The van der Waals surface area contributed by atoms with Crippen LogP contribution < -0.4 is 10.6 Å². The summed E-state index contributed by atoms with van der Waals surface area (Å²) >= 11 is 3.50. The van der Waals surface area contributed by atoms with Crippen LogP contribution in [0.4, 0.5) is 0 Å². The Hall–Kier alpha value is -0.840. The Labute approximate surface area is 115 Å². The van der Waals surface area contributed by atoms with Crippen LogP contribution in [0.15, 0.2) is 33.2 Å². The Morgan fingerprint density at radius 2 is 2.17 bits per heavy atom. The van der Waals surface area contributed by atoms with E-state index in [1.165, 1.54) is 12.8 Å². The smallest absolute Gasteiger partial charge is 0.148 e. The van der Waals surface area contributed by atoms with Gasteiger partial charge >= 0.3 is 0 Å². The summed E-state index contributed by atoms with van der Waals surface area (Å²) in [6, 6.07) is 8.98. The van der Waals surface area contributed by atoms with Crippen molar-refractivity contribution in [1.29, 1.82) is 0 Å². The summed E-state index contributed by atoms with van der Waals surface area (Å²) in [6.45, 7) is 2.80. The zero-order chi connectivity index (χ0) is 12.4. The molecule has 0 saturated heterocycles. The van der Waals surface area contributed by atoms with E-state index in [0.717, 1.165) is 46.9 Å². The van der Waals surface area contributed by atoms with Gasteiger partial charge in [0.2, 0.25) is 0 Å². The normalized spacial score (nSPS) is 15.4. The number of hydrogen-bond donors (Lipinski definition) is 2. The molecule has 1 aromatic heterocycles. The number of para-hydroxylation sites is 1. The second-order valence-corrected chi connectivity index (χ2v) is 5.63. The van der Waals surface area contributed by atoms with Gasteiger partial charge in [0.15, 0.2) is 0 Å².